The van der Waals surface area contributed by atoms with Crippen LogP contribution < -0.4 is 0 Å². The summed E-state index contributed by atoms with van der Waals surface area (Å²) in [6.45, 7) is 8.29. The Morgan fingerprint density at radius 2 is 1.00 bits per heavy atom. The van der Waals surface area contributed by atoms with Gasteiger partial charge < -0.3 is 9.47 Å². The molecule has 208 valence electrons. The van der Waals surface area contributed by atoms with E-state index in [-0.39, 0.29) is 11.9 Å². The zero-order valence-electron chi connectivity index (χ0n) is 24.0. The first-order valence-electron chi connectivity index (χ1n) is 14.4. The molecule has 0 atom stereocenters. The molecule has 0 unspecified atom stereocenters. The van der Waals surface area contributed by atoms with Crippen LogP contribution in [0.2, 0.25) is 0 Å². The molecule has 0 fully saturated rings. The van der Waals surface area contributed by atoms with Crippen molar-refractivity contribution in [1.29, 1.82) is 0 Å². The van der Waals surface area contributed by atoms with Gasteiger partial charge in [0.15, 0.2) is 0 Å². The highest BCUT2D eigenvalue weighted by Crippen LogP contribution is 2.09. The van der Waals surface area contributed by atoms with Crippen LogP contribution >= 0.6 is 0 Å². The van der Waals surface area contributed by atoms with Crippen LogP contribution in [0.3, 0.4) is 0 Å². The summed E-state index contributed by atoms with van der Waals surface area (Å²) in [6.07, 6.45) is 36.6. The Morgan fingerprint density at radius 1 is 0.556 bits per heavy atom. The second-order valence-electron chi connectivity index (χ2n) is 9.04. The third-order valence-electron chi connectivity index (χ3n) is 5.43. The second kappa shape index (κ2) is 32.9. The maximum atomic E-state index is 10.5. The number of carbonyl (C=O) groups excluding carboxylic acids is 2. The average molecular weight is 505 g/mol. The van der Waals surface area contributed by atoms with Crippen molar-refractivity contribution in [3.05, 3.63) is 48.6 Å². The number of unbranched alkanes of at least 4 members (excludes halogenated alkanes) is 12. The number of hydrogen-bond donors (Lipinski definition) is 0. The summed E-state index contributed by atoms with van der Waals surface area (Å²) in [6, 6.07) is 0. The number of ether oxygens (including phenoxy) is 2. The normalized spacial score (nSPS) is 11.4. The van der Waals surface area contributed by atoms with Crippen molar-refractivity contribution in [3.8, 4) is 0 Å². The summed E-state index contributed by atoms with van der Waals surface area (Å²) in [7, 11) is 0. The summed E-state index contributed by atoms with van der Waals surface area (Å²) in [5.74, 6) is -0.335. The fourth-order valence-electron chi connectivity index (χ4n) is 3.39. The minimum Gasteiger partial charge on any atom is -0.466 e. The van der Waals surface area contributed by atoms with E-state index in [1.807, 2.05) is 0 Å². The molecule has 36 heavy (non-hydrogen) atoms. The molecule has 4 nitrogen and oxygen atoms in total. The first-order valence-corrected chi connectivity index (χ1v) is 14.4. The smallest absolute Gasteiger partial charge is 0.302 e. The van der Waals surface area contributed by atoms with E-state index in [0.717, 1.165) is 25.7 Å². The molecule has 0 saturated carbocycles. The number of rotatable bonds is 22. The zero-order valence-corrected chi connectivity index (χ0v) is 24.0. The lowest BCUT2D eigenvalue weighted by Gasteiger charge is -2.01. The molecular weight excluding hydrogens is 448 g/mol. The van der Waals surface area contributed by atoms with E-state index in [0.29, 0.717) is 13.2 Å². The van der Waals surface area contributed by atoms with Crippen molar-refractivity contribution >= 4 is 11.9 Å². The molecule has 0 heterocycles. The van der Waals surface area contributed by atoms with Crippen LogP contribution in [-0.4, -0.2) is 25.2 Å². The fourth-order valence-corrected chi connectivity index (χ4v) is 3.39. The molecule has 0 amide bonds. The molecule has 0 N–H and O–H groups in total. The monoisotopic (exact) mass is 504 g/mol. The van der Waals surface area contributed by atoms with Gasteiger partial charge in [0, 0.05) is 13.8 Å². The summed E-state index contributed by atoms with van der Waals surface area (Å²) in [5, 5.41) is 0. The second-order valence-corrected chi connectivity index (χ2v) is 9.04. The van der Waals surface area contributed by atoms with Crippen molar-refractivity contribution in [2.75, 3.05) is 13.2 Å². The molecular formula is C32H56O4. The van der Waals surface area contributed by atoms with Crippen LogP contribution in [0.1, 0.15) is 130 Å². The van der Waals surface area contributed by atoms with Crippen LogP contribution in [0, 0.1) is 0 Å². The molecule has 0 aromatic carbocycles. The minimum atomic E-state index is -0.168. The van der Waals surface area contributed by atoms with E-state index in [2.05, 4.69) is 62.5 Å². The largest absolute Gasteiger partial charge is 0.466 e. The summed E-state index contributed by atoms with van der Waals surface area (Å²) in [4.78, 5) is 21.0. The Balaban J connectivity index is 0. The molecule has 0 bridgehead atoms. The maximum Gasteiger partial charge on any atom is 0.302 e. The van der Waals surface area contributed by atoms with Crippen LogP contribution in [0.25, 0.3) is 0 Å². The standard InChI is InChI=1S/2C16H28O2/c2*1-3-4-5-6-7-8-9-10-11-12-13-14-15-18-16(2)17/h4-7H,3,8-15H2,1-2H3;3-4,6-7H,5,8-15H2,1-2H3/b5-4+,7-6-;4-3?,7-6-. The van der Waals surface area contributed by atoms with Crippen LogP contribution in [-0.2, 0) is 19.1 Å². The van der Waals surface area contributed by atoms with Crippen molar-refractivity contribution < 1.29 is 19.1 Å². The van der Waals surface area contributed by atoms with Crippen molar-refractivity contribution in [3.63, 3.8) is 0 Å². The predicted octanol–water partition coefficient (Wildman–Crippen LogP) is 9.61. The number of carbonyl (C=O) groups is 2. The van der Waals surface area contributed by atoms with E-state index < -0.39 is 0 Å². The number of esters is 2. The maximum absolute atomic E-state index is 10.5. The Morgan fingerprint density at radius 3 is 1.47 bits per heavy atom. The summed E-state index contributed by atoms with van der Waals surface area (Å²) >= 11 is 0. The Labute approximate surface area is 223 Å². The lowest BCUT2D eigenvalue weighted by atomic mass is 10.1. The van der Waals surface area contributed by atoms with Gasteiger partial charge >= 0.3 is 11.9 Å². The van der Waals surface area contributed by atoms with Gasteiger partial charge in [-0.1, -0.05) is 107 Å². The molecule has 0 aromatic rings. The van der Waals surface area contributed by atoms with Crippen molar-refractivity contribution in [1.82, 2.24) is 0 Å². The molecule has 0 aliphatic rings. The van der Waals surface area contributed by atoms with Gasteiger partial charge in [0.1, 0.15) is 0 Å². The first kappa shape index (κ1) is 36.1. The lowest BCUT2D eigenvalue weighted by molar-refractivity contribution is -0.142. The van der Waals surface area contributed by atoms with E-state index in [9.17, 15) is 9.59 Å². The Bertz CT molecular complexity index is 587. The third-order valence-corrected chi connectivity index (χ3v) is 5.43. The molecule has 0 rings (SSSR count). The van der Waals surface area contributed by atoms with E-state index in [1.54, 1.807) is 0 Å². The zero-order chi connectivity index (χ0) is 27.0. The Hall–Kier alpha value is -2.10. The SMILES string of the molecule is CC/C=C/C=C\CCCCCCCCOC(C)=O.CC=CC/C=C\CCCCCCCCOC(C)=O. The Kier molecular flexibility index (Phi) is 33.0. The molecule has 0 aromatic heterocycles. The molecule has 4 heteroatoms. The van der Waals surface area contributed by atoms with Crippen LogP contribution in [0.15, 0.2) is 48.6 Å². The van der Waals surface area contributed by atoms with Gasteiger partial charge in [-0.15, -0.1) is 0 Å². The lowest BCUT2D eigenvalue weighted by Crippen LogP contribution is -1.99. The number of hydrogen-bond acceptors (Lipinski definition) is 4. The van der Waals surface area contributed by atoms with Gasteiger partial charge in [0.05, 0.1) is 13.2 Å². The van der Waals surface area contributed by atoms with Crippen LogP contribution in [0.5, 0.6) is 0 Å². The van der Waals surface area contributed by atoms with E-state index >= 15 is 0 Å². The average Bonchev–Trinajstić information content (AvgIpc) is 2.85. The highest BCUT2D eigenvalue weighted by molar-refractivity contribution is 5.66. The van der Waals surface area contributed by atoms with Crippen LogP contribution in [0.4, 0.5) is 0 Å². The first-order chi connectivity index (χ1) is 17.5. The topological polar surface area (TPSA) is 52.6 Å². The minimum absolute atomic E-state index is 0.167. The van der Waals surface area contributed by atoms with Gasteiger partial charge in [0.2, 0.25) is 0 Å². The van der Waals surface area contributed by atoms with Gasteiger partial charge in [-0.25, -0.2) is 0 Å². The van der Waals surface area contributed by atoms with Gasteiger partial charge in [0.25, 0.3) is 0 Å². The van der Waals surface area contributed by atoms with Crippen molar-refractivity contribution in [2.24, 2.45) is 0 Å². The highest BCUT2D eigenvalue weighted by Gasteiger charge is 1.94. The molecule has 0 aliphatic carbocycles. The van der Waals surface area contributed by atoms with Crippen molar-refractivity contribution in [2.45, 2.75) is 130 Å². The quantitative estimate of drug-likeness (QED) is 0.0637. The highest BCUT2D eigenvalue weighted by atomic mass is 16.5. The fraction of sp³-hybridized carbons (Fsp3) is 0.688. The van der Waals surface area contributed by atoms with Gasteiger partial charge in [-0.2, -0.15) is 0 Å². The molecule has 0 spiro atoms. The number of allylic oxidation sites excluding steroid dienone is 8. The van der Waals surface area contributed by atoms with Gasteiger partial charge in [-0.3, -0.25) is 9.59 Å². The molecule has 0 saturated heterocycles. The third kappa shape index (κ3) is 39.1. The molecule has 0 aliphatic heterocycles. The summed E-state index contributed by atoms with van der Waals surface area (Å²) < 4.78 is 9.76. The van der Waals surface area contributed by atoms with E-state index in [4.69, 9.17) is 9.47 Å². The summed E-state index contributed by atoms with van der Waals surface area (Å²) in [5.41, 5.74) is 0. The predicted molar refractivity (Wildman–Crippen MR) is 155 cm³/mol. The van der Waals surface area contributed by atoms with E-state index in [1.165, 1.54) is 90.9 Å². The van der Waals surface area contributed by atoms with Gasteiger partial charge in [-0.05, 0) is 58.3 Å². The molecule has 0 radical (unpaired) electrons.